The fraction of sp³-hybridized carbons (Fsp3) is 0.462. The number of halogens is 1. The normalized spacial score (nSPS) is 16.6. The number of aromatic hydroxyl groups is 1. The SMILES string of the molecule is Cc1cc(C(=O)O)c(O)c([C@H](N)C2CCC2)c1.Cl. The van der Waals surface area contributed by atoms with Gasteiger partial charge in [0.05, 0.1) is 0 Å². The molecule has 0 unspecified atom stereocenters. The molecule has 4 N–H and O–H groups in total. The topological polar surface area (TPSA) is 83.5 Å². The average Bonchev–Trinajstić information content (AvgIpc) is 2.17. The summed E-state index contributed by atoms with van der Waals surface area (Å²) in [6.07, 6.45) is 3.27. The highest BCUT2D eigenvalue weighted by Gasteiger charge is 2.28. The van der Waals surface area contributed by atoms with Gasteiger partial charge in [0.2, 0.25) is 0 Å². The fourth-order valence-electron chi connectivity index (χ4n) is 2.28. The lowest BCUT2D eigenvalue weighted by Crippen LogP contribution is -2.27. The zero-order valence-electron chi connectivity index (χ0n) is 10.2. The first-order valence-corrected chi connectivity index (χ1v) is 5.83. The molecule has 100 valence electrons. The molecule has 1 aromatic rings. The van der Waals surface area contributed by atoms with E-state index in [1.165, 1.54) is 6.07 Å². The number of hydrogen-bond acceptors (Lipinski definition) is 3. The third-order valence-electron chi connectivity index (χ3n) is 3.53. The van der Waals surface area contributed by atoms with Crippen LogP contribution >= 0.6 is 12.4 Å². The lowest BCUT2D eigenvalue weighted by Gasteiger charge is -2.32. The molecule has 0 aliphatic heterocycles. The average molecular weight is 272 g/mol. The maximum atomic E-state index is 11.0. The molecule has 0 saturated heterocycles. The molecule has 18 heavy (non-hydrogen) atoms. The number of aryl methyl sites for hydroxylation is 1. The summed E-state index contributed by atoms with van der Waals surface area (Å²) in [5, 5.41) is 19.0. The summed E-state index contributed by atoms with van der Waals surface area (Å²) in [6.45, 7) is 1.81. The predicted octanol–water partition coefficient (Wildman–Crippen LogP) is 2.62. The van der Waals surface area contributed by atoms with E-state index < -0.39 is 5.97 Å². The van der Waals surface area contributed by atoms with Gasteiger partial charge in [-0.05, 0) is 37.3 Å². The Morgan fingerprint density at radius 3 is 2.50 bits per heavy atom. The van der Waals surface area contributed by atoms with E-state index in [1.807, 2.05) is 6.92 Å². The van der Waals surface area contributed by atoms with Crippen LogP contribution in [0.1, 0.15) is 46.8 Å². The summed E-state index contributed by atoms with van der Waals surface area (Å²) in [7, 11) is 0. The van der Waals surface area contributed by atoms with Gasteiger partial charge in [-0.1, -0.05) is 12.5 Å². The third kappa shape index (κ3) is 2.60. The van der Waals surface area contributed by atoms with Gasteiger partial charge in [-0.15, -0.1) is 12.4 Å². The van der Waals surface area contributed by atoms with Crippen molar-refractivity contribution in [1.29, 1.82) is 0 Å². The van der Waals surface area contributed by atoms with Crippen molar-refractivity contribution in [2.24, 2.45) is 11.7 Å². The Morgan fingerprint density at radius 1 is 1.44 bits per heavy atom. The minimum absolute atomic E-state index is 0. The van der Waals surface area contributed by atoms with E-state index in [0.29, 0.717) is 11.5 Å². The maximum absolute atomic E-state index is 11.0. The summed E-state index contributed by atoms with van der Waals surface area (Å²) >= 11 is 0. The monoisotopic (exact) mass is 271 g/mol. The number of carboxylic acid groups (broad SMARTS) is 1. The van der Waals surface area contributed by atoms with Gasteiger partial charge in [0.25, 0.3) is 0 Å². The highest BCUT2D eigenvalue weighted by molar-refractivity contribution is 5.91. The summed E-state index contributed by atoms with van der Waals surface area (Å²) in [5.41, 5.74) is 7.40. The Balaban J connectivity index is 0.00000162. The molecule has 0 spiro atoms. The number of phenols is 1. The Labute approximate surface area is 112 Å². The third-order valence-corrected chi connectivity index (χ3v) is 3.53. The molecule has 1 aliphatic rings. The second-order valence-electron chi connectivity index (χ2n) is 4.77. The van der Waals surface area contributed by atoms with Crippen molar-refractivity contribution in [1.82, 2.24) is 0 Å². The van der Waals surface area contributed by atoms with Gasteiger partial charge in [0.15, 0.2) is 0 Å². The van der Waals surface area contributed by atoms with E-state index >= 15 is 0 Å². The smallest absolute Gasteiger partial charge is 0.339 e. The first-order chi connectivity index (χ1) is 8.00. The number of rotatable bonds is 3. The van der Waals surface area contributed by atoms with E-state index in [9.17, 15) is 9.90 Å². The van der Waals surface area contributed by atoms with E-state index in [2.05, 4.69) is 0 Å². The van der Waals surface area contributed by atoms with Gasteiger partial charge >= 0.3 is 5.97 Å². The molecule has 0 bridgehead atoms. The van der Waals surface area contributed by atoms with Crippen molar-refractivity contribution in [3.63, 3.8) is 0 Å². The molecule has 2 rings (SSSR count). The van der Waals surface area contributed by atoms with Crippen LogP contribution in [-0.4, -0.2) is 16.2 Å². The Kier molecular flexibility index (Phi) is 4.59. The number of hydrogen-bond donors (Lipinski definition) is 3. The zero-order chi connectivity index (χ0) is 12.6. The number of carboxylic acids is 1. The van der Waals surface area contributed by atoms with Crippen molar-refractivity contribution in [3.8, 4) is 5.75 Å². The lowest BCUT2D eigenvalue weighted by molar-refractivity contribution is 0.0693. The van der Waals surface area contributed by atoms with Crippen molar-refractivity contribution >= 4 is 18.4 Å². The molecule has 0 aromatic heterocycles. The van der Waals surface area contributed by atoms with Crippen LogP contribution in [0.4, 0.5) is 0 Å². The zero-order valence-corrected chi connectivity index (χ0v) is 11.0. The molecular formula is C13H18ClNO3. The molecule has 1 saturated carbocycles. The van der Waals surface area contributed by atoms with Crippen LogP contribution in [0, 0.1) is 12.8 Å². The summed E-state index contributed by atoms with van der Waals surface area (Å²) < 4.78 is 0. The van der Waals surface area contributed by atoms with Crippen LogP contribution < -0.4 is 5.73 Å². The lowest BCUT2D eigenvalue weighted by atomic mass is 9.77. The highest BCUT2D eigenvalue weighted by atomic mass is 35.5. The Morgan fingerprint density at radius 2 is 2.06 bits per heavy atom. The van der Waals surface area contributed by atoms with Crippen molar-refractivity contribution < 1.29 is 15.0 Å². The van der Waals surface area contributed by atoms with Gasteiger partial charge in [-0.25, -0.2) is 4.79 Å². The molecule has 0 heterocycles. The quantitative estimate of drug-likeness (QED) is 0.789. The molecule has 0 radical (unpaired) electrons. The summed E-state index contributed by atoms with van der Waals surface area (Å²) in [5.74, 6) is -0.930. The van der Waals surface area contributed by atoms with Gasteiger partial charge in [0.1, 0.15) is 11.3 Å². The summed E-state index contributed by atoms with van der Waals surface area (Å²) in [6, 6.07) is 2.99. The molecule has 1 aromatic carbocycles. The number of aromatic carboxylic acids is 1. The number of carbonyl (C=O) groups is 1. The minimum Gasteiger partial charge on any atom is -0.507 e. The van der Waals surface area contributed by atoms with Crippen LogP contribution in [-0.2, 0) is 0 Å². The molecule has 1 fully saturated rings. The molecular weight excluding hydrogens is 254 g/mol. The largest absolute Gasteiger partial charge is 0.507 e. The van der Waals surface area contributed by atoms with Crippen molar-refractivity contribution in [2.75, 3.05) is 0 Å². The van der Waals surface area contributed by atoms with Gasteiger partial charge in [-0.3, -0.25) is 0 Å². The number of benzene rings is 1. The molecule has 1 atom stereocenters. The second-order valence-corrected chi connectivity index (χ2v) is 4.77. The van der Waals surface area contributed by atoms with Crippen LogP contribution in [0.15, 0.2) is 12.1 Å². The van der Waals surface area contributed by atoms with E-state index in [0.717, 1.165) is 24.8 Å². The van der Waals surface area contributed by atoms with Crippen molar-refractivity contribution in [2.45, 2.75) is 32.2 Å². The highest BCUT2D eigenvalue weighted by Crippen LogP contribution is 2.40. The fourth-order valence-corrected chi connectivity index (χ4v) is 2.28. The molecule has 1 aliphatic carbocycles. The second kappa shape index (κ2) is 5.59. The first kappa shape index (κ1) is 14.8. The van der Waals surface area contributed by atoms with E-state index in [4.69, 9.17) is 10.8 Å². The van der Waals surface area contributed by atoms with Crippen LogP contribution in [0.2, 0.25) is 0 Å². The van der Waals surface area contributed by atoms with Gasteiger partial charge in [0, 0.05) is 11.6 Å². The predicted molar refractivity (Wildman–Crippen MR) is 71.3 cm³/mol. The molecule has 0 amide bonds. The van der Waals surface area contributed by atoms with Gasteiger partial charge in [-0.2, -0.15) is 0 Å². The van der Waals surface area contributed by atoms with E-state index in [-0.39, 0.29) is 29.8 Å². The first-order valence-electron chi connectivity index (χ1n) is 5.83. The Bertz CT molecular complexity index is 458. The summed E-state index contributed by atoms with van der Waals surface area (Å²) in [4.78, 5) is 11.0. The van der Waals surface area contributed by atoms with Gasteiger partial charge < -0.3 is 15.9 Å². The van der Waals surface area contributed by atoms with Crippen molar-refractivity contribution in [3.05, 3.63) is 28.8 Å². The van der Waals surface area contributed by atoms with Crippen LogP contribution in [0.25, 0.3) is 0 Å². The van der Waals surface area contributed by atoms with E-state index in [1.54, 1.807) is 6.07 Å². The minimum atomic E-state index is -1.12. The standard InChI is InChI=1S/C13H17NO3.ClH/c1-7-5-9(11(14)8-3-2-4-8)12(15)10(6-7)13(16)17;/h5-6,8,11,15H,2-4,14H2,1H3,(H,16,17);1H/t11-;/m1./s1. The molecule has 4 nitrogen and oxygen atoms in total. The maximum Gasteiger partial charge on any atom is 0.339 e. The molecule has 5 heteroatoms. The van der Waals surface area contributed by atoms with Crippen LogP contribution in [0.3, 0.4) is 0 Å². The number of nitrogens with two attached hydrogens (primary N) is 1. The van der Waals surface area contributed by atoms with Crippen LogP contribution in [0.5, 0.6) is 5.75 Å². The Hall–Kier alpha value is -1.26.